The zero-order chi connectivity index (χ0) is 15.2. The smallest absolute Gasteiger partial charge is 0.264 e. The van der Waals surface area contributed by atoms with Crippen LogP contribution in [0.25, 0.3) is 0 Å². The van der Waals surface area contributed by atoms with Gasteiger partial charge in [0.25, 0.3) is 5.91 Å². The third kappa shape index (κ3) is 3.96. The third-order valence-electron chi connectivity index (χ3n) is 3.17. The van der Waals surface area contributed by atoms with Crippen molar-refractivity contribution in [1.82, 2.24) is 5.32 Å². The van der Waals surface area contributed by atoms with Gasteiger partial charge in [-0.15, -0.1) is 11.3 Å². The molecule has 1 aromatic heterocycles. The van der Waals surface area contributed by atoms with Crippen LogP contribution < -0.4 is 14.8 Å². The molecule has 0 fully saturated rings. The number of thioether (sulfide) groups is 1. The number of hydrogen-bond acceptors (Lipinski definition) is 5. The quantitative estimate of drug-likeness (QED) is 0.825. The Morgan fingerprint density at radius 2 is 2.14 bits per heavy atom. The predicted octanol–water partition coefficient (Wildman–Crippen LogP) is 2.94. The van der Waals surface area contributed by atoms with Gasteiger partial charge < -0.3 is 14.8 Å². The number of para-hydroxylation sites is 2. The highest BCUT2D eigenvalue weighted by molar-refractivity contribution is 7.98. The van der Waals surface area contributed by atoms with E-state index in [4.69, 9.17) is 9.47 Å². The van der Waals surface area contributed by atoms with Crippen LogP contribution in [0.1, 0.15) is 4.88 Å². The molecular formula is C16H17NO3S2. The molecular weight excluding hydrogens is 318 g/mol. The highest BCUT2D eigenvalue weighted by Gasteiger charge is 2.26. The number of carbonyl (C=O) groups excluding carboxylic acids is 1. The maximum atomic E-state index is 12.1. The fourth-order valence-corrected chi connectivity index (χ4v) is 3.78. The number of benzene rings is 1. The normalized spacial score (nSPS) is 16.3. The van der Waals surface area contributed by atoms with Gasteiger partial charge in [-0.2, -0.15) is 11.8 Å². The van der Waals surface area contributed by atoms with Gasteiger partial charge in [0.15, 0.2) is 11.5 Å². The van der Waals surface area contributed by atoms with Crippen LogP contribution in [0.3, 0.4) is 0 Å². The van der Waals surface area contributed by atoms with Crippen molar-refractivity contribution in [3.05, 3.63) is 46.7 Å². The van der Waals surface area contributed by atoms with E-state index in [0.717, 1.165) is 11.5 Å². The van der Waals surface area contributed by atoms with E-state index in [1.165, 1.54) is 4.88 Å². The topological polar surface area (TPSA) is 47.6 Å². The van der Waals surface area contributed by atoms with E-state index in [1.807, 2.05) is 36.0 Å². The molecule has 1 atom stereocenters. The summed E-state index contributed by atoms with van der Waals surface area (Å²) >= 11 is 3.57. The molecule has 0 bridgehead atoms. The Hall–Kier alpha value is -1.66. The molecule has 4 nitrogen and oxygen atoms in total. The number of fused-ring (bicyclic) bond motifs is 1. The highest BCUT2D eigenvalue weighted by atomic mass is 32.2. The molecule has 1 aliphatic rings. The zero-order valence-corrected chi connectivity index (χ0v) is 13.6. The highest BCUT2D eigenvalue weighted by Crippen LogP contribution is 2.30. The number of carbonyl (C=O) groups is 1. The predicted molar refractivity (Wildman–Crippen MR) is 89.8 cm³/mol. The van der Waals surface area contributed by atoms with E-state index in [2.05, 4.69) is 22.8 Å². The number of ether oxygens (including phenoxy) is 2. The van der Waals surface area contributed by atoms with Crippen molar-refractivity contribution in [2.75, 3.05) is 18.9 Å². The van der Waals surface area contributed by atoms with Crippen molar-refractivity contribution in [1.29, 1.82) is 0 Å². The zero-order valence-electron chi connectivity index (χ0n) is 12.0. The summed E-state index contributed by atoms with van der Waals surface area (Å²) in [6, 6.07) is 11.6. The van der Waals surface area contributed by atoms with Gasteiger partial charge in [-0.25, -0.2) is 0 Å². The van der Waals surface area contributed by atoms with Crippen molar-refractivity contribution < 1.29 is 14.3 Å². The summed E-state index contributed by atoms with van der Waals surface area (Å²) in [7, 11) is 0. The van der Waals surface area contributed by atoms with Crippen LogP contribution in [-0.4, -0.2) is 30.9 Å². The van der Waals surface area contributed by atoms with Gasteiger partial charge in [0, 0.05) is 22.9 Å². The molecule has 0 aliphatic carbocycles. The first-order valence-corrected chi connectivity index (χ1v) is 9.13. The average molecular weight is 335 g/mol. The SMILES string of the molecule is O=C(NCCSCc1cccs1)[C@H]1COc2ccccc2O1. The standard InChI is InChI=1S/C16H17NO3S2/c18-16(17-7-9-21-11-12-4-3-8-22-12)15-10-19-13-5-1-2-6-14(13)20-15/h1-6,8,15H,7,9-11H2,(H,17,18)/t15-/m1/s1. The first kappa shape index (κ1) is 15.2. The maximum Gasteiger partial charge on any atom is 0.264 e. The van der Waals surface area contributed by atoms with Crippen molar-refractivity contribution in [2.45, 2.75) is 11.9 Å². The minimum atomic E-state index is -0.572. The van der Waals surface area contributed by atoms with Crippen molar-refractivity contribution in [3.63, 3.8) is 0 Å². The van der Waals surface area contributed by atoms with Gasteiger partial charge in [0.05, 0.1) is 0 Å². The summed E-state index contributed by atoms with van der Waals surface area (Å²) in [6.07, 6.45) is -0.572. The molecule has 1 aliphatic heterocycles. The lowest BCUT2D eigenvalue weighted by molar-refractivity contribution is -0.130. The molecule has 0 saturated carbocycles. The Labute approximate surface area is 137 Å². The van der Waals surface area contributed by atoms with E-state index >= 15 is 0 Å². The Morgan fingerprint density at radius 1 is 1.27 bits per heavy atom. The summed E-state index contributed by atoms with van der Waals surface area (Å²) in [6.45, 7) is 0.890. The molecule has 2 aromatic rings. The molecule has 6 heteroatoms. The molecule has 116 valence electrons. The van der Waals surface area contributed by atoms with Gasteiger partial charge in [0.2, 0.25) is 6.10 Å². The van der Waals surface area contributed by atoms with E-state index in [-0.39, 0.29) is 12.5 Å². The molecule has 0 radical (unpaired) electrons. The van der Waals surface area contributed by atoms with E-state index in [0.29, 0.717) is 18.0 Å². The van der Waals surface area contributed by atoms with Gasteiger partial charge in [-0.3, -0.25) is 4.79 Å². The van der Waals surface area contributed by atoms with Crippen molar-refractivity contribution >= 4 is 29.0 Å². The minimum absolute atomic E-state index is 0.119. The largest absolute Gasteiger partial charge is 0.485 e. The van der Waals surface area contributed by atoms with E-state index in [9.17, 15) is 4.79 Å². The number of hydrogen-bond donors (Lipinski definition) is 1. The average Bonchev–Trinajstić information content (AvgIpc) is 3.07. The van der Waals surface area contributed by atoms with Crippen LogP contribution in [0.4, 0.5) is 0 Å². The van der Waals surface area contributed by atoms with Crippen molar-refractivity contribution in [3.8, 4) is 11.5 Å². The summed E-state index contributed by atoms with van der Waals surface area (Å²) in [5.41, 5.74) is 0. The van der Waals surface area contributed by atoms with E-state index < -0.39 is 6.10 Å². The molecule has 0 saturated heterocycles. The maximum absolute atomic E-state index is 12.1. The summed E-state index contributed by atoms with van der Waals surface area (Å²) in [5.74, 6) is 3.07. The fourth-order valence-electron chi connectivity index (χ4n) is 2.08. The van der Waals surface area contributed by atoms with Crippen LogP contribution >= 0.6 is 23.1 Å². The minimum Gasteiger partial charge on any atom is -0.485 e. The lowest BCUT2D eigenvalue weighted by Crippen LogP contribution is -2.44. The molecule has 0 spiro atoms. The lowest BCUT2D eigenvalue weighted by atomic mass is 10.2. The second-order valence-electron chi connectivity index (χ2n) is 4.79. The molecule has 1 aromatic carbocycles. The number of rotatable bonds is 6. The number of thiophene rings is 1. The Morgan fingerprint density at radius 3 is 2.95 bits per heavy atom. The van der Waals surface area contributed by atoms with Crippen LogP contribution in [0.15, 0.2) is 41.8 Å². The van der Waals surface area contributed by atoms with Gasteiger partial charge in [0.1, 0.15) is 6.61 Å². The summed E-state index contributed by atoms with van der Waals surface area (Å²) in [5, 5.41) is 4.98. The summed E-state index contributed by atoms with van der Waals surface area (Å²) in [4.78, 5) is 13.4. The van der Waals surface area contributed by atoms with Crippen LogP contribution in [0.2, 0.25) is 0 Å². The molecule has 3 rings (SSSR count). The number of amides is 1. The van der Waals surface area contributed by atoms with E-state index in [1.54, 1.807) is 11.3 Å². The van der Waals surface area contributed by atoms with Crippen LogP contribution in [-0.2, 0) is 10.5 Å². The third-order valence-corrected chi connectivity index (χ3v) is 5.24. The second kappa shape index (κ2) is 7.56. The summed E-state index contributed by atoms with van der Waals surface area (Å²) < 4.78 is 11.2. The Kier molecular flexibility index (Phi) is 5.24. The second-order valence-corrected chi connectivity index (χ2v) is 6.92. The first-order valence-electron chi connectivity index (χ1n) is 7.09. The van der Waals surface area contributed by atoms with Gasteiger partial charge >= 0.3 is 0 Å². The fraction of sp³-hybridized carbons (Fsp3) is 0.312. The van der Waals surface area contributed by atoms with Crippen LogP contribution in [0, 0.1) is 0 Å². The van der Waals surface area contributed by atoms with Gasteiger partial charge in [-0.1, -0.05) is 18.2 Å². The molecule has 1 N–H and O–H groups in total. The first-order chi connectivity index (χ1) is 10.8. The molecule has 0 unspecified atom stereocenters. The van der Waals surface area contributed by atoms with Gasteiger partial charge in [-0.05, 0) is 23.6 Å². The molecule has 1 amide bonds. The Balaban J connectivity index is 1.38. The molecule has 2 heterocycles. The Bertz CT molecular complexity index is 616. The monoisotopic (exact) mass is 335 g/mol. The van der Waals surface area contributed by atoms with Crippen LogP contribution in [0.5, 0.6) is 11.5 Å². The lowest BCUT2D eigenvalue weighted by Gasteiger charge is -2.25. The number of nitrogens with one attached hydrogen (secondary N) is 1. The van der Waals surface area contributed by atoms with Crippen molar-refractivity contribution in [2.24, 2.45) is 0 Å². The molecule has 22 heavy (non-hydrogen) atoms.